The molecule has 0 atom stereocenters. The van der Waals surface area contributed by atoms with E-state index in [9.17, 15) is 4.79 Å². The molecule has 1 aromatic carbocycles. The highest BCUT2D eigenvalue weighted by Gasteiger charge is 2.43. The van der Waals surface area contributed by atoms with Crippen molar-refractivity contribution in [3.05, 3.63) is 35.4 Å². The first kappa shape index (κ1) is 20.3. The second-order valence-electron chi connectivity index (χ2n) is 8.29. The summed E-state index contributed by atoms with van der Waals surface area (Å²) in [5.41, 5.74) is 3.21. The Hall–Kier alpha value is -1.39. The number of likely N-dealkylation sites (tertiary alicyclic amines) is 1. The summed E-state index contributed by atoms with van der Waals surface area (Å²) in [6, 6.07) is 9.37. The Kier molecular flexibility index (Phi) is 6.59. The fourth-order valence-corrected chi connectivity index (χ4v) is 5.28. The second-order valence-corrected chi connectivity index (χ2v) is 8.29. The van der Waals surface area contributed by atoms with Crippen LogP contribution in [0.4, 0.5) is 0 Å². The molecule has 4 heteroatoms. The summed E-state index contributed by atoms with van der Waals surface area (Å²) in [6.45, 7) is 11.0. The van der Waals surface area contributed by atoms with E-state index in [4.69, 9.17) is 0 Å². The van der Waals surface area contributed by atoms with E-state index in [1.165, 1.54) is 11.1 Å². The summed E-state index contributed by atoms with van der Waals surface area (Å²) < 4.78 is 0. The molecule has 1 spiro atoms. The SMILES string of the molecule is CCC(CC)N(CC)C(=O)CN1CCC2(CC1)c1ccccc1CCN2C. The van der Waals surface area contributed by atoms with Crippen molar-refractivity contribution in [1.29, 1.82) is 0 Å². The summed E-state index contributed by atoms with van der Waals surface area (Å²) in [5, 5.41) is 0. The Labute approximate surface area is 165 Å². The average Bonchev–Trinajstić information content (AvgIpc) is 2.70. The van der Waals surface area contributed by atoms with Gasteiger partial charge in [0.25, 0.3) is 0 Å². The maximum absolute atomic E-state index is 12.9. The molecule has 150 valence electrons. The number of piperidine rings is 1. The van der Waals surface area contributed by atoms with Gasteiger partial charge in [-0.05, 0) is 57.2 Å². The van der Waals surface area contributed by atoms with E-state index in [0.717, 1.165) is 58.3 Å². The second kappa shape index (κ2) is 8.74. The summed E-state index contributed by atoms with van der Waals surface area (Å²) >= 11 is 0. The minimum atomic E-state index is 0.161. The van der Waals surface area contributed by atoms with Crippen LogP contribution in [0.5, 0.6) is 0 Å². The van der Waals surface area contributed by atoms with Gasteiger partial charge in [0.1, 0.15) is 0 Å². The molecule has 1 aromatic rings. The Morgan fingerprint density at radius 3 is 2.41 bits per heavy atom. The van der Waals surface area contributed by atoms with Crippen molar-refractivity contribution in [3.8, 4) is 0 Å². The molecule has 2 aliphatic heterocycles. The summed E-state index contributed by atoms with van der Waals surface area (Å²) in [7, 11) is 2.28. The summed E-state index contributed by atoms with van der Waals surface area (Å²) in [5.74, 6) is 0.305. The number of carbonyl (C=O) groups excluding carboxylic acids is 1. The van der Waals surface area contributed by atoms with Gasteiger partial charge in [-0.15, -0.1) is 0 Å². The number of likely N-dealkylation sites (N-methyl/N-ethyl adjacent to an activating group) is 2. The molecule has 0 aromatic heterocycles. The molecule has 1 fully saturated rings. The molecule has 0 aliphatic carbocycles. The normalized spacial score (nSPS) is 20.0. The zero-order chi connectivity index (χ0) is 19.4. The summed E-state index contributed by atoms with van der Waals surface area (Å²) in [6.07, 6.45) is 5.47. The molecule has 3 rings (SSSR count). The molecule has 0 bridgehead atoms. The molecule has 27 heavy (non-hydrogen) atoms. The topological polar surface area (TPSA) is 26.8 Å². The molecule has 2 heterocycles. The van der Waals surface area contributed by atoms with Crippen molar-refractivity contribution < 1.29 is 4.79 Å². The number of hydrogen-bond donors (Lipinski definition) is 0. The molecular weight excluding hydrogens is 334 g/mol. The number of rotatable bonds is 6. The van der Waals surface area contributed by atoms with Crippen LogP contribution >= 0.6 is 0 Å². The molecule has 2 aliphatic rings. The van der Waals surface area contributed by atoms with Gasteiger partial charge in [0.15, 0.2) is 0 Å². The maximum atomic E-state index is 12.9. The van der Waals surface area contributed by atoms with Crippen LogP contribution in [0.2, 0.25) is 0 Å². The predicted molar refractivity (Wildman–Crippen MR) is 112 cm³/mol. The smallest absolute Gasteiger partial charge is 0.236 e. The zero-order valence-electron chi connectivity index (χ0n) is 17.7. The quantitative estimate of drug-likeness (QED) is 0.766. The fraction of sp³-hybridized carbons (Fsp3) is 0.696. The largest absolute Gasteiger partial charge is 0.339 e. The van der Waals surface area contributed by atoms with Crippen molar-refractivity contribution in [2.75, 3.05) is 39.8 Å². The van der Waals surface area contributed by atoms with Crippen LogP contribution in [-0.2, 0) is 16.8 Å². The standard InChI is InChI=1S/C23H37N3O/c1-5-20(6-2)26(7-3)22(27)18-25-16-13-23(14-17-25)21-11-9-8-10-19(21)12-15-24(23)4/h8-11,20H,5-7,12-18H2,1-4H3. The number of fused-ring (bicyclic) bond motifs is 2. The molecule has 0 N–H and O–H groups in total. The fourth-order valence-electron chi connectivity index (χ4n) is 5.28. The van der Waals surface area contributed by atoms with Gasteiger partial charge < -0.3 is 4.90 Å². The first-order valence-electron chi connectivity index (χ1n) is 10.9. The molecule has 1 saturated heterocycles. The Morgan fingerprint density at radius 1 is 1.11 bits per heavy atom. The van der Waals surface area contributed by atoms with Gasteiger partial charge in [-0.3, -0.25) is 14.6 Å². The van der Waals surface area contributed by atoms with E-state index in [-0.39, 0.29) is 5.54 Å². The Bertz CT molecular complexity index is 632. The van der Waals surface area contributed by atoms with E-state index in [0.29, 0.717) is 18.5 Å². The van der Waals surface area contributed by atoms with Crippen molar-refractivity contribution in [1.82, 2.24) is 14.7 Å². The first-order chi connectivity index (χ1) is 13.1. The Balaban J connectivity index is 1.66. The molecule has 0 unspecified atom stereocenters. The van der Waals surface area contributed by atoms with Gasteiger partial charge in [-0.25, -0.2) is 0 Å². The van der Waals surface area contributed by atoms with Crippen LogP contribution in [0.3, 0.4) is 0 Å². The van der Waals surface area contributed by atoms with Crippen LogP contribution in [0, 0.1) is 0 Å². The van der Waals surface area contributed by atoms with Gasteiger partial charge >= 0.3 is 0 Å². The Morgan fingerprint density at radius 2 is 1.78 bits per heavy atom. The van der Waals surface area contributed by atoms with E-state index < -0.39 is 0 Å². The lowest BCUT2D eigenvalue weighted by molar-refractivity contribution is -0.135. The van der Waals surface area contributed by atoms with Crippen molar-refractivity contribution in [2.24, 2.45) is 0 Å². The third-order valence-electron chi connectivity index (χ3n) is 7.05. The minimum Gasteiger partial charge on any atom is -0.339 e. The third kappa shape index (κ3) is 3.93. The van der Waals surface area contributed by atoms with Gasteiger partial charge in [-0.2, -0.15) is 0 Å². The maximum Gasteiger partial charge on any atom is 0.236 e. The number of hydrogen-bond acceptors (Lipinski definition) is 3. The molecular formula is C23H37N3O. The van der Waals surface area contributed by atoms with Gasteiger partial charge in [0.2, 0.25) is 5.91 Å². The highest BCUT2D eigenvalue weighted by molar-refractivity contribution is 5.78. The zero-order valence-corrected chi connectivity index (χ0v) is 17.7. The van der Waals surface area contributed by atoms with Gasteiger partial charge in [-0.1, -0.05) is 38.1 Å². The van der Waals surface area contributed by atoms with Crippen molar-refractivity contribution in [3.63, 3.8) is 0 Å². The lowest BCUT2D eigenvalue weighted by Gasteiger charge is -2.51. The van der Waals surface area contributed by atoms with Crippen molar-refractivity contribution in [2.45, 2.75) is 64.5 Å². The van der Waals surface area contributed by atoms with Gasteiger partial charge in [0, 0.05) is 37.8 Å². The monoisotopic (exact) mass is 371 g/mol. The van der Waals surface area contributed by atoms with Crippen LogP contribution in [0.15, 0.2) is 24.3 Å². The minimum absolute atomic E-state index is 0.161. The molecule has 4 nitrogen and oxygen atoms in total. The van der Waals surface area contributed by atoms with Crippen LogP contribution < -0.4 is 0 Å². The van der Waals surface area contributed by atoms with E-state index in [2.05, 4.69) is 66.8 Å². The van der Waals surface area contributed by atoms with E-state index in [1.807, 2.05) is 0 Å². The number of carbonyl (C=O) groups is 1. The highest BCUT2D eigenvalue weighted by atomic mass is 16.2. The predicted octanol–water partition coefficient (Wildman–Crippen LogP) is 3.50. The van der Waals surface area contributed by atoms with Crippen molar-refractivity contribution >= 4 is 5.91 Å². The molecule has 1 amide bonds. The van der Waals surface area contributed by atoms with Gasteiger partial charge in [0.05, 0.1) is 6.54 Å². The van der Waals surface area contributed by atoms with Crippen LogP contribution in [-0.4, -0.2) is 66.4 Å². The number of nitrogens with zero attached hydrogens (tertiary/aromatic N) is 3. The summed E-state index contributed by atoms with van der Waals surface area (Å²) in [4.78, 5) is 19.9. The number of amides is 1. The lowest BCUT2D eigenvalue weighted by atomic mass is 9.74. The highest BCUT2D eigenvalue weighted by Crippen LogP contribution is 2.42. The molecule has 0 radical (unpaired) electrons. The number of benzene rings is 1. The third-order valence-corrected chi connectivity index (χ3v) is 7.05. The lowest BCUT2D eigenvalue weighted by Crippen LogP contribution is -2.56. The van der Waals surface area contributed by atoms with Crippen LogP contribution in [0.1, 0.15) is 57.6 Å². The average molecular weight is 372 g/mol. The molecule has 0 saturated carbocycles. The van der Waals surface area contributed by atoms with E-state index in [1.54, 1.807) is 0 Å². The van der Waals surface area contributed by atoms with E-state index >= 15 is 0 Å². The first-order valence-corrected chi connectivity index (χ1v) is 10.9. The van der Waals surface area contributed by atoms with Crippen LogP contribution in [0.25, 0.3) is 0 Å².